The van der Waals surface area contributed by atoms with E-state index < -0.39 is 17.9 Å². The summed E-state index contributed by atoms with van der Waals surface area (Å²) in [5.74, 6) is -1.57. The Morgan fingerprint density at radius 2 is 2.00 bits per heavy atom. The molecule has 1 aliphatic rings. The number of carbonyl (C=O) groups is 2. The molecule has 0 aliphatic carbocycles. The number of hydrogen-bond acceptors (Lipinski definition) is 4. The van der Waals surface area contributed by atoms with Gasteiger partial charge in [0.1, 0.15) is 5.92 Å². The van der Waals surface area contributed by atoms with Crippen LogP contribution in [0, 0.1) is 5.92 Å². The molecule has 0 aromatic heterocycles. The monoisotopic (exact) mass is 301 g/mol. The minimum atomic E-state index is -0.921. The molecule has 2 atom stereocenters. The van der Waals surface area contributed by atoms with E-state index in [-0.39, 0.29) is 19.2 Å². The summed E-state index contributed by atoms with van der Waals surface area (Å²) >= 11 is 0. The smallest absolute Gasteiger partial charge is 0.317 e. The molecule has 1 saturated heterocycles. The number of carboxylic acids is 1. The van der Waals surface area contributed by atoms with Crippen LogP contribution in [0.15, 0.2) is 0 Å². The van der Waals surface area contributed by atoms with E-state index in [0.717, 1.165) is 13.0 Å². The van der Waals surface area contributed by atoms with Crippen molar-refractivity contribution in [2.75, 3.05) is 40.4 Å². The summed E-state index contributed by atoms with van der Waals surface area (Å²) in [6, 6.07) is -0.167. The van der Waals surface area contributed by atoms with Gasteiger partial charge in [-0.1, -0.05) is 0 Å². The molecule has 122 valence electrons. The highest BCUT2D eigenvalue weighted by atomic mass is 16.5. The lowest BCUT2D eigenvalue weighted by Crippen LogP contribution is -2.48. The van der Waals surface area contributed by atoms with E-state index in [2.05, 4.69) is 24.1 Å². The Balaban J connectivity index is 2.33. The molecular formula is C14H27N3O4. The Morgan fingerprint density at radius 1 is 1.33 bits per heavy atom. The van der Waals surface area contributed by atoms with Gasteiger partial charge in [0.2, 0.25) is 0 Å². The van der Waals surface area contributed by atoms with Gasteiger partial charge in [0.15, 0.2) is 0 Å². The molecule has 0 saturated carbocycles. The molecule has 7 heteroatoms. The molecule has 0 aromatic rings. The van der Waals surface area contributed by atoms with Crippen LogP contribution < -0.4 is 5.32 Å². The van der Waals surface area contributed by atoms with E-state index in [4.69, 9.17) is 9.84 Å². The average molecular weight is 301 g/mol. The molecule has 0 aromatic carbocycles. The van der Waals surface area contributed by atoms with Gasteiger partial charge in [-0.25, -0.2) is 4.79 Å². The lowest BCUT2D eigenvalue weighted by atomic mass is 10.0. The molecule has 0 spiro atoms. The Morgan fingerprint density at radius 3 is 2.57 bits per heavy atom. The molecule has 0 bridgehead atoms. The molecule has 1 aliphatic heterocycles. The SMILES string of the molecule is CC(C)N(C)CCCNC(=O)N(C)C1COCC1C(=O)O. The van der Waals surface area contributed by atoms with Gasteiger partial charge in [-0.2, -0.15) is 0 Å². The molecule has 1 fully saturated rings. The molecular weight excluding hydrogens is 274 g/mol. The van der Waals surface area contributed by atoms with Crippen LogP contribution >= 0.6 is 0 Å². The van der Waals surface area contributed by atoms with Gasteiger partial charge >= 0.3 is 12.0 Å². The Labute approximate surface area is 126 Å². The van der Waals surface area contributed by atoms with Gasteiger partial charge in [0.25, 0.3) is 0 Å². The van der Waals surface area contributed by atoms with E-state index in [9.17, 15) is 9.59 Å². The highest BCUT2D eigenvalue weighted by Crippen LogP contribution is 2.18. The third kappa shape index (κ3) is 5.17. The minimum absolute atomic E-state index is 0.163. The fraction of sp³-hybridized carbons (Fsp3) is 0.857. The summed E-state index contributed by atoms with van der Waals surface area (Å²) in [5, 5.41) is 11.9. The van der Waals surface area contributed by atoms with E-state index in [1.165, 1.54) is 4.90 Å². The molecule has 1 rings (SSSR count). The molecule has 21 heavy (non-hydrogen) atoms. The van der Waals surface area contributed by atoms with Crippen molar-refractivity contribution in [1.29, 1.82) is 0 Å². The first kappa shape index (κ1) is 17.7. The molecule has 7 nitrogen and oxygen atoms in total. The second kappa shape index (κ2) is 8.19. The van der Waals surface area contributed by atoms with Crippen LogP contribution in [0.4, 0.5) is 4.79 Å². The third-order valence-corrected chi connectivity index (χ3v) is 4.03. The summed E-state index contributed by atoms with van der Waals surface area (Å²) in [6.45, 7) is 6.17. The van der Waals surface area contributed by atoms with Crippen molar-refractivity contribution in [2.24, 2.45) is 5.92 Å². The molecule has 1 heterocycles. The van der Waals surface area contributed by atoms with Crippen molar-refractivity contribution in [1.82, 2.24) is 15.1 Å². The number of ether oxygens (including phenoxy) is 1. The summed E-state index contributed by atoms with van der Waals surface area (Å²) in [7, 11) is 3.66. The number of nitrogens with zero attached hydrogens (tertiary/aromatic N) is 2. The quantitative estimate of drug-likeness (QED) is 0.668. The number of carboxylic acid groups (broad SMARTS) is 1. The number of likely N-dealkylation sites (N-methyl/N-ethyl adjacent to an activating group) is 1. The topological polar surface area (TPSA) is 82.1 Å². The fourth-order valence-electron chi connectivity index (χ4n) is 2.22. The Bertz CT molecular complexity index is 362. The van der Waals surface area contributed by atoms with Crippen molar-refractivity contribution in [3.05, 3.63) is 0 Å². The largest absolute Gasteiger partial charge is 0.481 e. The number of rotatable bonds is 7. The second-order valence-electron chi connectivity index (χ2n) is 5.82. The lowest BCUT2D eigenvalue weighted by Gasteiger charge is -2.27. The fourth-order valence-corrected chi connectivity index (χ4v) is 2.22. The zero-order chi connectivity index (χ0) is 16.0. The van der Waals surface area contributed by atoms with Gasteiger partial charge < -0.3 is 25.0 Å². The molecule has 2 N–H and O–H groups in total. The normalized spacial score (nSPS) is 21.8. The van der Waals surface area contributed by atoms with Crippen molar-refractivity contribution < 1.29 is 19.4 Å². The van der Waals surface area contributed by atoms with Crippen LogP contribution in [-0.2, 0) is 9.53 Å². The summed E-state index contributed by atoms with van der Waals surface area (Å²) in [4.78, 5) is 26.8. The first-order valence-electron chi connectivity index (χ1n) is 7.36. The molecule has 2 unspecified atom stereocenters. The van der Waals surface area contributed by atoms with Gasteiger partial charge in [0, 0.05) is 19.6 Å². The van der Waals surface area contributed by atoms with Crippen LogP contribution in [-0.4, -0.2) is 79.4 Å². The second-order valence-corrected chi connectivity index (χ2v) is 5.82. The minimum Gasteiger partial charge on any atom is -0.481 e. The summed E-state index contributed by atoms with van der Waals surface area (Å²) < 4.78 is 5.18. The highest BCUT2D eigenvalue weighted by molar-refractivity contribution is 5.77. The zero-order valence-electron chi connectivity index (χ0n) is 13.3. The number of nitrogens with one attached hydrogen (secondary N) is 1. The van der Waals surface area contributed by atoms with Crippen molar-refractivity contribution >= 4 is 12.0 Å². The van der Waals surface area contributed by atoms with E-state index in [1.54, 1.807) is 7.05 Å². The predicted molar refractivity (Wildman–Crippen MR) is 79.3 cm³/mol. The zero-order valence-corrected chi connectivity index (χ0v) is 13.3. The van der Waals surface area contributed by atoms with Crippen molar-refractivity contribution in [3.8, 4) is 0 Å². The Hall–Kier alpha value is -1.34. The van der Waals surface area contributed by atoms with E-state index >= 15 is 0 Å². The number of carbonyl (C=O) groups excluding carboxylic acids is 1. The number of urea groups is 1. The maximum absolute atomic E-state index is 12.0. The molecule has 0 radical (unpaired) electrons. The van der Waals surface area contributed by atoms with Crippen molar-refractivity contribution in [2.45, 2.75) is 32.4 Å². The van der Waals surface area contributed by atoms with Crippen molar-refractivity contribution in [3.63, 3.8) is 0 Å². The van der Waals surface area contributed by atoms with Gasteiger partial charge in [-0.3, -0.25) is 4.79 Å². The predicted octanol–water partition coefficient (Wildman–Crippen LogP) is 0.458. The van der Waals surface area contributed by atoms with E-state index in [1.807, 2.05) is 7.05 Å². The molecule has 2 amide bonds. The standard InChI is InChI=1S/C14H27N3O4/c1-10(2)16(3)7-5-6-15-14(20)17(4)12-9-21-8-11(12)13(18)19/h10-12H,5-9H2,1-4H3,(H,15,20)(H,18,19). The number of aliphatic carboxylic acids is 1. The van der Waals surface area contributed by atoms with Crippen LogP contribution in [0.5, 0.6) is 0 Å². The first-order chi connectivity index (χ1) is 9.84. The maximum Gasteiger partial charge on any atom is 0.317 e. The van der Waals surface area contributed by atoms with Gasteiger partial charge in [0.05, 0.1) is 19.3 Å². The van der Waals surface area contributed by atoms with Crippen LogP contribution in [0.1, 0.15) is 20.3 Å². The maximum atomic E-state index is 12.0. The highest BCUT2D eigenvalue weighted by Gasteiger charge is 2.38. The summed E-state index contributed by atoms with van der Waals surface area (Å²) in [5.41, 5.74) is 0. The van der Waals surface area contributed by atoms with Crippen LogP contribution in [0.3, 0.4) is 0 Å². The Kier molecular flexibility index (Phi) is 6.91. The number of amides is 2. The van der Waals surface area contributed by atoms with Gasteiger partial charge in [-0.05, 0) is 33.9 Å². The number of hydrogen-bond donors (Lipinski definition) is 2. The van der Waals surface area contributed by atoms with Crippen LogP contribution in [0.25, 0.3) is 0 Å². The van der Waals surface area contributed by atoms with Crippen LogP contribution in [0.2, 0.25) is 0 Å². The first-order valence-corrected chi connectivity index (χ1v) is 7.36. The van der Waals surface area contributed by atoms with Gasteiger partial charge in [-0.15, -0.1) is 0 Å². The summed E-state index contributed by atoms with van der Waals surface area (Å²) in [6.07, 6.45) is 0.859. The average Bonchev–Trinajstić information content (AvgIpc) is 2.91. The third-order valence-electron chi connectivity index (χ3n) is 4.03. The lowest BCUT2D eigenvalue weighted by molar-refractivity contribution is -0.142. The van der Waals surface area contributed by atoms with E-state index in [0.29, 0.717) is 12.6 Å².